The number of carbonyl (C=O) groups excluding carboxylic acids is 3. The average molecular weight is 593 g/mol. The molecule has 1 amide bonds. The van der Waals surface area contributed by atoms with Crippen molar-refractivity contribution in [1.82, 2.24) is 10.4 Å². The van der Waals surface area contributed by atoms with Gasteiger partial charge in [0.05, 0.1) is 42.0 Å². The highest BCUT2D eigenvalue weighted by molar-refractivity contribution is 6.40. The normalized spacial score (nSPS) is 19.1. The Bertz CT molecular complexity index is 1300. The molecule has 0 aliphatic carbocycles. The number of nitrogens with one attached hydrogen (secondary N) is 3. The van der Waals surface area contributed by atoms with E-state index in [1.165, 1.54) is 5.01 Å². The zero-order chi connectivity index (χ0) is 31.7. The van der Waals surface area contributed by atoms with Crippen molar-refractivity contribution < 1.29 is 29.0 Å². The summed E-state index contributed by atoms with van der Waals surface area (Å²) in [6, 6.07) is 4.94. The van der Waals surface area contributed by atoms with Crippen molar-refractivity contribution >= 4 is 53.3 Å². The highest BCUT2D eigenvalue weighted by Crippen LogP contribution is 2.28. The van der Waals surface area contributed by atoms with Crippen LogP contribution in [0.3, 0.4) is 0 Å². The number of hydrogen-bond acceptors (Lipinski definition) is 10. The molecule has 2 unspecified atom stereocenters. The van der Waals surface area contributed by atoms with Gasteiger partial charge in [-0.05, 0) is 56.2 Å². The molecule has 0 spiro atoms. The monoisotopic (exact) mass is 592 g/mol. The molecule has 1 aromatic rings. The van der Waals surface area contributed by atoms with Gasteiger partial charge in [-0.15, -0.1) is 0 Å². The van der Waals surface area contributed by atoms with E-state index in [1.54, 1.807) is 39.0 Å². The summed E-state index contributed by atoms with van der Waals surface area (Å²) in [6.07, 6.45) is 7.50. The van der Waals surface area contributed by atoms with Gasteiger partial charge in [-0.25, -0.2) is 5.43 Å². The van der Waals surface area contributed by atoms with Crippen molar-refractivity contribution in [1.29, 1.82) is 10.8 Å². The summed E-state index contributed by atoms with van der Waals surface area (Å²) in [5, 5.41) is 28.5. The minimum absolute atomic E-state index is 0.163. The van der Waals surface area contributed by atoms with Crippen LogP contribution in [0.5, 0.6) is 0 Å². The molecule has 232 valence electrons. The number of carbonyl (C=O) groups is 3. The van der Waals surface area contributed by atoms with Crippen LogP contribution in [-0.2, 0) is 23.9 Å². The molecule has 3 rings (SSSR count). The number of esters is 1. The lowest BCUT2D eigenvalue weighted by molar-refractivity contribution is -0.225. The Morgan fingerprint density at radius 3 is 2.63 bits per heavy atom. The maximum atomic E-state index is 13.4. The minimum Gasteiger partial charge on any atom is -0.861 e. The van der Waals surface area contributed by atoms with Gasteiger partial charge in [0, 0.05) is 25.1 Å². The Balaban J connectivity index is 1.67. The minimum atomic E-state index is -1.20. The summed E-state index contributed by atoms with van der Waals surface area (Å²) in [5.74, 6) is -3.59. The molecule has 3 atom stereocenters. The average Bonchev–Trinajstić information content (AvgIpc) is 2.96. The van der Waals surface area contributed by atoms with Crippen LogP contribution in [0.15, 0.2) is 35.8 Å². The topological polar surface area (TPSA) is 168 Å². The van der Waals surface area contributed by atoms with Gasteiger partial charge in [-0.2, -0.15) is 0 Å². The molecule has 43 heavy (non-hydrogen) atoms. The van der Waals surface area contributed by atoms with Crippen LogP contribution in [0.4, 0.5) is 5.69 Å². The van der Waals surface area contributed by atoms with Crippen molar-refractivity contribution in [3.05, 3.63) is 42.0 Å². The van der Waals surface area contributed by atoms with Gasteiger partial charge in [0.1, 0.15) is 0 Å². The molecule has 11 heteroatoms. The van der Waals surface area contributed by atoms with Gasteiger partial charge in [-0.3, -0.25) is 24.4 Å². The number of aliphatic imine (C=N–C) groups is 1. The zero-order valence-electron chi connectivity index (χ0n) is 25.4. The summed E-state index contributed by atoms with van der Waals surface area (Å²) < 4.78 is 11.0. The van der Waals surface area contributed by atoms with E-state index in [0.29, 0.717) is 19.4 Å². The molecule has 2 heterocycles. The number of amides is 1. The smallest absolute Gasteiger partial charge is 0.316 e. The fraction of sp³-hybridized carbons (Fsp3) is 0.500. The van der Waals surface area contributed by atoms with E-state index in [1.807, 2.05) is 31.3 Å². The fourth-order valence-corrected chi connectivity index (χ4v) is 4.64. The van der Waals surface area contributed by atoms with E-state index < -0.39 is 41.1 Å². The summed E-state index contributed by atoms with van der Waals surface area (Å²) in [7, 11) is 0. The number of ketones is 1. The SMILES string of the molecule is C=Cc1ccc(/C=C/C(C)(C)C(=O)OC(C(=O)C(=N)CC(C)C(=O)N2CCC[C@@H](C(=N)[O-])N2)C2COC2)cc1N=CCC. The highest BCUT2D eigenvalue weighted by atomic mass is 16.6. The summed E-state index contributed by atoms with van der Waals surface area (Å²) in [5.41, 5.74) is 3.83. The molecule has 2 fully saturated rings. The van der Waals surface area contributed by atoms with Gasteiger partial charge < -0.3 is 25.4 Å². The number of nitrogens with zero attached hydrogens (tertiary/aromatic N) is 2. The molecule has 11 nitrogen and oxygen atoms in total. The van der Waals surface area contributed by atoms with Gasteiger partial charge >= 0.3 is 5.97 Å². The summed E-state index contributed by atoms with van der Waals surface area (Å²) >= 11 is 0. The van der Waals surface area contributed by atoms with E-state index in [2.05, 4.69) is 17.0 Å². The molecule has 1 aromatic carbocycles. The second-order valence-electron chi connectivity index (χ2n) is 11.5. The van der Waals surface area contributed by atoms with E-state index in [0.717, 1.165) is 23.2 Å². The molecule has 0 bridgehead atoms. The van der Waals surface area contributed by atoms with Crippen molar-refractivity contribution in [2.75, 3.05) is 19.8 Å². The molecule has 3 N–H and O–H groups in total. The third-order valence-corrected chi connectivity index (χ3v) is 7.49. The first-order valence-corrected chi connectivity index (χ1v) is 14.6. The molecule has 0 radical (unpaired) electrons. The lowest BCUT2D eigenvalue weighted by Crippen LogP contribution is -2.58. The first kappa shape index (κ1) is 33.5. The molecular weight excluding hydrogens is 550 g/mol. The van der Waals surface area contributed by atoms with E-state index in [4.69, 9.17) is 20.3 Å². The van der Waals surface area contributed by atoms with Crippen molar-refractivity contribution in [3.8, 4) is 0 Å². The Labute approximate surface area is 253 Å². The Hall–Kier alpha value is -3.96. The summed E-state index contributed by atoms with van der Waals surface area (Å²) in [4.78, 5) is 44.1. The Morgan fingerprint density at radius 1 is 1.30 bits per heavy atom. The van der Waals surface area contributed by atoms with Crippen molar-refractivity contribution in [2.24, 2.45) is 22.2 Å². The lowest BCUT2D eigenvalue weighted by Gasteiger charge is -2.37. The predicted molar refractivity (Wildman–Crippen MR) is 164 cm³/mol. The molecule has 2 aliphatic rings. The Kier molecular flexibility index (Phi) is 11.7. The second-order valence-corrected chi connectivity index (χ2v) is 11.5. The molecule has 2 saturated heterocycles. The molecular formula is C32H42N5O6-. The van der Waals surface area contributed by atoms with Gasteiger partial charge in [-0.1, -0.05) is 50.8 Å². The summed E-state index contributed by atoms with van der Waals surface area (Å²) in [6.45, 7) is 11.6. The molecule has 2 aliphatic heterocycles. The standard InChI is InChI=1S/C32H43N5O6/c1-6-14-35-26-17-21(10-11-22(26)7-2)12-13-32(4,5)31(41)43-28(23-18-42-19-23)27(38)24(33)16-20(3)30(40)37-15-8-9-25(36-37)29(34)39/h7,10-14,17,20,23,25,28,33,36H,2,6,8-9,15-16,18-19H2,1,3-5H3,(H2,34,39)/p-1/b13-12+,33-24?,35-14?/t20?,25-,28?/m0/s1. The lowest BCUT2D eigenvalue weighted by atomic mass is 9.89. The maximum absolute atomic E-state index is 13.4. The quantitative estimate of drug-likeness (QED) is 0.169. The van der Waals surface area contributed by atoms with Gasteiger partial charge in [0.2, 0.25) is 11.7 Å². The first-order valence-electron chi connectivity index (χ1n) is 14.6. The van der Waals surface area contributed by atoms with Crippen LogP contribution >= 0.6 is 0 Å². The fourth-order valence-electron chi connectivity index (χ4n) is 4.64. The van der Waals surface area contributed by atoms with E-state index in [-0.39, 0.29) is 37.2 Å². The number of benzene rings is 1. The number of Topliss-reactive ketones (excluding diaryl/α,β-unsaturated/α-hetero) is 1. The number of rotatable bonds is 14. The van der Waals surface area contributed by atoms with Gasteiger partial charge in [0.25, 0.3) is 0 Å². The second kappa shape index (κ2) is 15.0. The highest BCUT2D eigenvalue weighted by Gasteiger charge is 2.41. The third-order valence-electron chi connectivity index (χ3n) is 7.49. The van der Waals surface area contributed by atoms with Crippen LogP contribution in [-0.4, -0.2) is 72.4 Å². The number of ether oxygens (including phenoxy) is 2. The van der Waals surface area contributed by atoms with Crippen molar-refractivity contribution in [2.45, 2.75) is 65.5 Å². The van der Waals surface area contributed by atoms with Crippen LogP contribution in [0, 0.1) is 28.1 Å². The van der Waals surface area contributed by atoms with Gasteiger partial charge in [0.15, 0.2) is 6.10 Å². The number of hydrazine groups is 1. The van der Waals surface area contributed by atoms with Crippen LogP contribution < -0.4 is 10.5 Å². The zero-order valence-corrected chi connectivity index (χ0v) is 25.4. The van der Waals surface area contributed by atoms with Crippen LogP contribution in [0.25, 0.3) is 12.2 Å². The molecule has 0 saturated carbocycles. The van der Waals surface area contributed by atoms with E-state index in [9.17, 15) is 19.5 Å². The Morgan fingerprint density at radius 2 is 2.02 bits per heavy atom. The predicted octanol–water partition coefficient (Wildman–Crippen LogP) is 3.49. The third kappa shape index (κ3) is 8.77. The van der Waals surface area contributed by atoms with Crippen LogP contribution in [0.1, 0.15) is 64.5 Å². The largest absolute Gasteiger partial charge is 0.861 e. The maximum Gasteiger partial charge on any atom is 0.316 e. The number of hydrogen-bond donors (Lipinski definition) is 3. The van der Waals surface area contributed by atoms with Crippen molar-refractivity contribution in [3.63, 3.8) is 0 Å². The van der Waals surface area contributed by atoms with E-state index >= 15 is 0 Å². The van der Waals surface area contributed by atoms with Crippen LogP contribution in [0.2, 0.25) is 0 Å². The molecule has 0 aromatic heterocycles. The first-order chi connectivity index (χ1) is 20.4.